The van der Waals surface area contributed by atoms with E-state index in [0.29, 0.717) is 12.2 Å². The molecule has 5 heteroatoms. The Morgan fingerprint density at radius 1 is 1.25 bits per heavy atom. The van der Waals surface area contributed by atoms with Crippen molar-refractivity contribution < 1.29 is 0 Å². The molecule has 0 aliphatic carbocycles. The van der Waals surface area contributed by atoms with Crippen molar-refractivity contribution in [3.8, 4) is 0 Å². The molecule has 0 amide bonds. The van der Waals surface area contributed by atoms with Crippen LogP contribution in [0.4, 0.5) is 11.5 Å². The number of pyridine rings is 2. The fourth-order valence-electron chi connectivity index (χ4n) is 2.74. The van der Waals surface area contributed by atoms with Crippen LogP contribution in [0.2, 0.25) is 0 Å². The Morgan fingerprint density at radius 3 is 2.75 bits per heavy atom. The van der Waals surface area contributed by atoms with Gasteiger partial charge in [0.1, 0.15) is 5.82 Å². The van der Waals surface area contributed by atoms with Crippen LogP contribution in [0, 0.1) is 0 Å². The van der Waals surface area contributed by atoms with Crippen molar-refractivity contribution in [3.63, 3.8) is 0 Å². The van der Waals surface area contributed by atoms with Crippen molar-refractivity contribution in [3.05, 3.63) is 66.8 Å². The first kappa shape index (κ1) is 16.1. The number of hydrogen-bond acceptors (Lipinski definition) is 5. The summed E-state index contributed by atoms with van der Waals surface area (Å²) < 4.78 is 0. The zero-order chi connectivity index (χ0) is 16.8. The molecule has 3 rings (SSSR count). The van der Waals surface area contributed by atoms with E-state index < -0.39 is 0 Å². The third kappa shape index (κ3) is 4.13. The van der Waals surface area contributed by atoms with Crippen molar-refractivity contribution in [2.24, 2.45) is 5.73 Å². The molecule has 2 aromatic heterocycles. The normalized spacial score (nSPS) is 14.7. The summed E-state index contributed by atoms with van der Waals surface area (Å²) in [4.78, 5) is 10.9. The Kier molecular flexibility index (Phi) is 5.11. The summed E-state index contributed by atoms with van der Waals surface area (Å²) in [5, 5.41) is 3.23. The molecule has 0 unspecified atom stereocenters. The predicted molar refractivity (Wildman–Crippen MR) is 99.7 cm³/mol. The largest absolute Gasteiger partial charge is 0.401 e. The molecule has 0 atom stereocenters. The summed E-state index contributed by atoms with van der Waals surface area (Å²) in [6.07, 6.45) is 9.76. The van der Waals surface area contributed by atoms with Gasteiger partial charge in [-0.05, 0) is 54.3 Å². The van der Waals surface area contributed by atoms with Crippen molar-refractivity contribution in [2.45, 2.75) is 12.8 Å². The van der Waals surface area contributed by atoms with Crippen LogP contribution >= 0.6 is 0 Å². The lowest BCUT2D eigenvalue weighted by molar-refractivity contribution is 0.937. The summed E-state index contributed by atoms with van der Waals surface area (Å²) >= 11 is 0. The standard InChI is InChI=1S/C19H23N5/c1-15(11-17(20)13-22-18-5-4-8-21-14-18)16-6-7-19(23-12-16)24-9-2-3-10-24/h4-8,11-12,14,22H,1-3,9-10,13,20H2/b17-11-. The molecule has 0 saturated carbocycles. The van der Waals surface area contributed by atoms with Gasteiger partial charge in [0.15, 0.2) is 0 Å². The molecular formula is C19H23N5. The third-order valence-corrected chi connectivity index (χ3v) is 4.07. The van der Waals surface area contributed by atoms with E-state index in [1.54, 1.807) is 12.4 Å². The minimum Gasteiger partial charge on any atom is -0.401 e. The maximum Gasteiger partial charge on any atom is 0.128 e. The van der Waals surface area contributed by atoms with Gasteiger partial charge in [-0.15, -0.1) is 0 Å². The Hall–Kier alpha value is -2.82. The molecule has 124 valence electrons. The Bertz CT molecular complexity index is 700. The third-order valence-electron chi connectivity index (χ3n) is 4.07. The molecule has 0 aromatic carbocycles. The summed E-state index contributed by atoms with van der Waals surface area (Å²) in [5.41, 5.74) is 9.58. The quantitative estimate of drug-likeness (QED) is 0.801. The number of allylic oxidation sites excluding steroid dienone is 2. The minimum absolute atomic E-state index is 0.546. The van der Waals surface area contributed by atoms with Crippen molar-refractivity contribution >= 4 is 17.1 Å². The fraction of sp³-hybridized carbons (Fsp3) is 0.263. The van der Waals surface area contributed by atoms with Crippen LogP contribution in [0.5, 0.6) is 0 Å². The first-order chi connectivity index (χ1) is 11.7. The summed E-state index contributed by atoms with van der Waals surface area (Å²) in [6, 6.07) is 7.95. The number of aromatic nitrogens is 2. The van der Waals surface area contributed by atoms with Gasteiger partial charge in [0.25, 0.3) is 0 Å². The summed E-state index contributed by atoms with van der Waals surface area (Å²) in [7, 11) is 0. The molecule has 2 aromatic rings. The van der Waals surface area contributed by atoms with Gasteiger partial charge in [0.05, 0.1) is 12.2 Å². The van der Waals surface area contributed by atoms with E-state index >= 15 is 0 Å². The first-order valence-electron chi connectivity index (χ1n) is 8.22. The zero-order valence-corrected chi connectivity index (χ0v) is 13.8. The SMILES string of the molecule is C=C(/C=C(\N)CNc1cccnc1)c1ccc(N2CCCC2)nc1. The number of nitrogens with zero attached hydrogens (tertiary/aromatic N) is 3. The van der Waals surface area contributed by atoms with Gasteiger partial charge in [-0.2, -0.15) is 0 Å². The molecule has 24 heavy (non-hydrogen) atoms. The first-order valence-corrected chi connectivity index (χ1v) is 8.22. The predicted octanol–water partition coefficient (Wildman–Crippen LogP) is 3.04. The van der Waals surface area contributed by atoms with E-state index in [9.17, 15) is 0 Å². The lowest BCUT2D eigenvalue weighted by atomic mass is 10.1. The molecule has 3 N–H and O–H groups in total. The van der Waals surface area contributed by atoms with Crippen LogP contribution in [-0.2, 0) is 0 Å². The maximum atomic E-state index is 6.08. The molecular weight excluding hydrogens is 298 g/mol. The van der Waals surface area contributed by atoms with Crippen LogP contribution in [0.3, 0.4) is 0 Å². The van der Waals surface area contributed by atoms with E-state index in [0.717, 1.165) is 35.7 Å². The highest BCUT2D eigenvalue weighted by molar-refractivity contribution is 5.72. The van der Waals surface area contributed by atoms with Gasteiger partial charge in [-0.25, -0.2) is 4.98 Å². The monoisotopic (exact) mass is 321 g/mol. The smallest absolute Gasteiger partial charge is 0.128 e. The van der Waals surface area contributed by atoms with Crippen LogP contribution in [0.1, 0.15) is 18.4 Å². The molecule has 1 aliphatic rings. The van der Waals surface area contributed by atoms with E-state index in [2.05, 4.69) is 38.9 Å². The van der Waals surface area contributed by atoms with Crippen LogP contribution in [-0.4, -0.2) is 29.6 Å². The summed E-state index contributed by atoms with van der Waals surface area (Å²) in [6.45, 7) is 6.84. The highest BCUT2D eigenvalue weighted by atomic mass is 15.2. The average Bonchev–Trinajstić information content (AvgIpc) is 3.16. The number of nitrogens with one attached hydrogen (secondary N) is 1. The fourth-order valence-corrected chi connectivity index (χ4v) is 2.74. The highest BCUT2D eigenvalue weighted by Gasteiger charge is 2.13. The van der Waals surface area contributed by atoms with Crippen molar-refractivity contribution in [2.75, 3.05) is 29.9 Å². The minimum atomic E-state index is 0.546. The number of rotatable bonds is 6. The van der Waals surface area contributed by atoms with Gasteiger partial charge in [-0.1, -0.05) is 6.58 Å². The topological polar surface area (TPSA) is 67.1 Å². The second kappa shape index (κ2) is 7.64. The molecule has 1 fully saturated rings. The van der Waals surface area contributed by atoms with E-state index in [-0.39, 0.29) is 0 Å². The van der Waals surface area contributed by atoms with Gasteiger partial charge < -0.3 is 16.0 Å². The molecule has 0 spiro atoms. The Labute approximate surface area is 142 Å². The van der Waals surface area contributed by atoms with Gasteiger partial charge in [0.2, 0.25) is 0 Å². The summed E-state index contributed by atoms with van der Waals surface area (Å²) in [5.74, 6) is 1.04. The van der Waals surface area contributed by atoms with Crippen LogP contribution in [0.25, 0.3) is 5.57 Å². The molecule has 0 bridgehead atoms. The highest BCUT2D eigenvalue weighted by Crippen LogP contribution is 2.20. The molecule has 0 radical (unpaired) electrons. The van der Waals surface area contributed by atoms with Gasteiger partial charge >= 0.3 is 0 Å². The van der Waals surface area contributed by atoms with Crippen LogP contribution in [0.15, 0.2) is 61.2 Å². The average molecular weight is 321 g/mol. The molecule has 1 saturated heterocycles. The van der Waals surface area contributed by atoms with Gasteiger partial charge in [0, 0.05) is 37.4 Å². The van der Waals surface area contributed by atoms with E-state index in [4.69, 9.17) is 5.73 Å². The maximum absolute atomic E-state index is 6.08. The van der Waals surface area contributed by atoms with Gasteiger partial charge in [-0.3, -0.25) is 4.98 Å². The number of hydrogen-bond donors (Lipinski definition) is 2. The second-order valence-electron chi connectivity index (χ2n) is 5.94. The van der Waals surface area contributed by atoms with E-state index in [1.807, 2.05) is 24.4 Å². The number of nitrogens with two attached hydrogens (primary N) is 1. The Balaban J connectivity index is 1.58. The zero-order valence-electron chi connectivity index (χ0n) is 13.8. The lowest BCUT2D eigenvalue weighted by Gasteiger charge is -2.16. The van der Waals surface area contributed by atoms with Crippen LogP contribution < -0.4 is 16.0 Å². The second-order valence-corrected chi connectivity index (χ2v) is 5.94. The lowest BCUT2D eigenvalue weighted by Crippen LogP contribution is -2.18. The van der Waals surface area contributed by atoms with Crippen molar-refractivity contribution in [1.82, 2.24) is 9.97 Å². The molecule has 3 heterocycles. The molecule has 1 aliphatic heterocycles. The van der Waals surface area contributed by atoms with E-state index in [1.165, 1.54) is 12.8 Å². The Morgan fingerprint density at radius 2 is 2.08 bits per heavy atom. The van der Waals surface area contributed by atoms with Crippen molar-refractivity contribution in [1.29, 1.82) is 0 Å². The molecule has 5 nitrogen and oxygen atoms in total. The number of anilines is 2.